The second kappa shape index (κ2) is 1.76. The second-order valence-corrected chi connectivity index (χ2v) is 2.44. The molecule has 1 N–H and O–H groups in total. The first kappa shape index (κ1) is 5.01. The van der Waals surface area contributed by atoms with E-state index in [-0.39, 0.29) is 0 Å². The van der Waals surface area contributed by atoms with E-state index in [2.05, 4.69) is 26.2 Å². The number of hydrogen-bond acceptors (Lipinski definition) is 2. The predicted molar refractivity (Wildman–Crippen MR) is 29.6 cm³/mol. The maximum atomic E-state index is 3.06. The third-order valence-corrected chi connectivity index (χ3v) is 1.90. The third-order valence-electron chi connectivity index (χ3n) is 0.918. The average Bonchev–Trinajstić information content (AvgIpc) is 1.91. The zero-order valence-electron chi connectivity index (χ0n) is 4.09. The quantitative estimate of drug-likeness (QED) is 0.480. The van der Waals surface area contributed by atoms with Crippen LogP contribution in [0.5, 0.6) is 0 Å². The summed E-state index contributed by atoms with van der Waals surface area (Å²) < 4.78 is 0. The molecule has 0 aromatic heterocycles. The van der Waals surface area contributed by atoms with Crippen molar-refractivity contribution in [2.45, 2.75) is 5.06 Å². The van der Waals surface area contributed by atoms with Crippen molar-refractivity contribution in [3.05, 3.63) is 12.4 Å². The van der Waals surface area contributed by atoms with Crippen LogP contribution in [-0.4, -0.2) is 33.0 Å². The van der Waals surface area contributed by atoms with Gasteiger partial charge >= 0.3 is 50.7 Å². The van der Waals surface area contributed by atoms with E-state index in [4.69, 9.17) is 0 Å². The van der Waals surface area contributed by atoms with E-state index >= 15 is 0 Å². The molecule has 0 bridgehead atoms. The molecule has 1 unspecified atom stereocenters. The van der Waals surface area contributed by atoms with Gasteiger partial charge in [-0.05, 0) is 0 Å². The fourth-order valence-corrected chi connectivity index (χ4v) is 0.751. The summed E-state index contributed by atoms with van der Waals surface area (Å²) in [4.78, 5) is 2.06. The van der Waals surface area contributed by atoms with Crippen molar-refractivity contribution in [1.82, 2.24) is 10.2 Å². The fraction of sp³-hybridized carbons (Fsp3) is 0.500. The van der Waals surface area contributed by atoms with Gasteiger partial charge in [0.2, 0.25) is 0 Å². The van der Waals surface area contributed by atoms with Crippen molar-refractivity contribution in [1.29, 1.82) is 0 Å². The predicted octanol–water partition coefficient (Wildman–Crippen LogP) is -0.555. The zero-order chi connectivity index (χ0) is 5.28. The summed E-state index contributed by atoms with van der Waals surface area (Å²) in [6.45, 7) is 0. The first-order chi connectivity index (χ1) is 3.30. The van der Waals surface area contributed by atoms with Crippen molar-refractivity contribution in [3.63, 3.8) is 0 Å². The van der Waals surface area contributed by atoms with E-state index in [0.29, 0.717) is 5.06 Å². The van der Waals surface area contributed by atoms with Gasteiger partial charge in [-0.1, -0.05) is 0 Å². The van der Waals surface area contributed by atoms with E-state index in [1.807, 2.05) is 19.4 Å². The van der Waals surface area contributed by atoms with Crippen molar-refractivity contribution in [2.24, 2.45) is 0 Å². The van der Waals surface area contributed by atoms with Gasteiger partial charge in [0.05, 0.1) is 0 Å². The zero-order valence-corrected chi connectivity index (χ0v) is 5.80. The number of nitrogens with zero attached hydrogens (tertiary/aromatic N) is 1. The third kappa shape index (κ3) is 0.898. The minimum atomic E-state index is 0.361. The van der Waals surface area contributed by atoms with Crippen LogP contribution in [0, 0.1) is 0 Å². The van der Waals surface area contributed by atoms with Gasteiger partial charge in [-0.15, -0.1) is 0 Å². The van der Waals surface area contributed by atoms with Crippen LogP contribution in [0.1, 0.15) is 0 Å². The van der Waals surface area contributed by atoms with Crippen molar-refractivity contribution >= 4 is 16.0 Å². The van der Waals surface area contributed by atoms with Gasteiger partial charge in [-0.3, -0.25) is 0 Å². The van der Waals surface area contributed by atoms with Gasteiger partial charge in [0, 0.05) is 0 Å². The molecule has 3 heteroatoms. The van der Waals surface area contributed by atoms with Crippen LogP contribution in [0.15, 0.2) is 12.4 Å². The molecule has 1 radical (unpaired) electrons. The van der Waals surface area contributed by atoms with E-state index < -0.39 is 0 Å². The molecule has 1 aliphatic rings. The monoisotopic (exact) mass is 163 g/mol. The summed E-state index contributed by atoms with van der Waals surface area (Å²) in [5, 5.41) is 3.42. The summed E-state index contributed by atoms with van der Waals surface area (Å²) in [6.07, 6.45) is 3.91. The fourth-order valence-electron chi connectivity index (χ4n) is 0.439. The van der Waals surface area contributed by atoms with Crippen molar-refractivity contribution in [2.75, 3.05) is 7.05 Å². The standard InChI is InChI=1S/C4H7N2Se/c1-6-3-2-5-4(6)7/h2-5H,1H3. The van der Waals surface area contributed by atoms with Gasteiger partial charge in [0.15, 0.2) is 0 Å². The van der Waals surface area contributed by atoms with Gasteiger partial charge in [-0.2, -0.15) is 0 Å². The Kier molecular flexibility index (Phi) is 1.26. The topological polar surface area (TPSA) is 15.3 Å². The first-order valence-corrected chi connectivity index (χ1v) is 3.10. The molecule has 0 aliphatic carbocycles. The summed E-state index contributed by atoms with van der Waals surface area (Å²) in [5.41, 5.74) is 0. The first-order valence-electron chi connectivity index (χ1n) is 2.11. The summed E-state index contributed by atoms with van der Waals surface area (Å²) in [6, 6.07) is 0. The molecule has 0 fully saturated rings. The molecule has 7 heavy (non-hydrogen) atoms. The van der Waals surface area contributed by atoms with Gasteiger partial charge in [0.25, 0.3) is 0 Å². The Hall–Kier alpha value is -0.141. The van der Waals surface area contributed by atoms with Gasteiger partial charge in [-0.25, -0.2) is 0 Å². The van der Waals surface area contributed by atoms with Crippen LogP contribution < -0.4 is 5.32 Å². The van der Waals surface area contributed by atoms with E-state index in [0.717, 1.165) is 0 Å². The van der Waals surface area contributed by atoms with Gasteiger partial charge in [0.1, 0.15) is 0 Å². The Morgan fingerprint density at radius 3 is 2.71 bits per heavy atom. The Morgan fingerprint density at radius 1 is 1.86 bits per heavy atom. The molecule has 1 heterocycles. The van der Waals surface area contributed by atoms with Gasteiger partial charge < -0.3 is 0 Å². The molecule has 1 atom stereocenters. The summed E-state index contributed by atoms with van der Waals surface area (Å²) in [5.74, 6) is 0. The van der Waals surface area contributed by atoms with Crippen LogP contribution in [0.4, 0.5) is 0 Å². The van der Waals surface area contributed by atoms with Crippen molar-refractivity contribution in [3.8, 4) is 0 Å². The van der Waals surface area contributed by atoms with Crippen LogP contribution in [0.25, 0.3) is 0 Å². The van der Waals surface area contributed by atoms with Crippen LogP contribution in [0.2, 0.25) is 0 Å². The van der Waals surface area contributed by atoms with Crippen molar-refractivity contribution < 1.29 is 0 Å². The minimum absolute atomic E-state index is 0.361. The molecule has 0 aromatic carbocycles. The Morgan fingerprint density at radius 2 is 2.57 bits per heavy atom. The molecule has 39 valence electrons. The van der Waals surface area contributed by atoms with Crippen LogP contribution in [-0.2, 0) is 0 Å². The molecular formula is C4H7N2Se. The summed E-state index contributed by atoms with van der Waals surface area (Å²) >= 11 is 2.94. The van der Waals surface area contributed by atoms with Crippen LogP contribution in [0.3, 0.4) is 0 Å². The molecule has 0 saturated carbocycles. The second-order valence-electron chi connectivity index (χ2n) is 1.50. The Labute approximate surface area is 51.4 Å². The number of nitrogens with one attached hydrogen (secondary N) is 1. The normalized spacial score (nSPS) is 28.3. The molecule has 0 amide bonds. The van der Waals surface area contributed by atoms with E-state index in [1.165, 1.54) is 0 Å². The SMILES string of the molecule is CN1C=CNC1[Se]. The van der Waals surface area contributed by atoms with E-state index in [9.17, 15) is 0 Å². The Bertz CT molecular complexity index is 91.7. The Balaban J connectivity index is 2.45. The molecule has 2 nitrogen and oxygen atoms in total. The number of rotatable bonds is 0. The molecule has 0 aromatic rings. The average molecular weight is 162 g/mol. The molecule has 0 saturated heterocycles. The van der Waals surface area contributed by atoms with E-state index in [1.54, 1.807) is 0 Å². The molecule has 0 spiro atoms. The molecule has 1 aliphatic heterocycles. The summed E-state index contributed by atoms with van der Waals surface area (Å²) in [7, 11) is 2.01. The number of hydrogen-bond donors (Lipinski definition) is 1. The molecular weight excluding hydrogens is 155 g/mol. The maximum absolute atomic E-state index is 3.06. The van der Waals surface area contributed by atoms with Crippen LogP contribution >= 0.6 is 0 Å². The molecule has 1 rings (SSSR count).